The number of aliphatic hydroxyl groups is 1. The molecule has 1 spiro atoms. The molecular weight excluding hydrogens is 542 g/mol. The Morgan fingerprint density at radius 3 is 2.53 bits per heavy atom. The number of fused-ring (bicyclic) bond motifs is 1. The zero-order chi connectivity index (χ0) is 26.6. The standard InChI is InChI=1S/C27H42BrN3O4S/c1-6-11-18(5)30(14-9-4)26(35)23-27-17-19(28)22(36-27)20(24(33)29(12-7-2)13-8-3)21(27)25(34)31(23)15-10-16-32/h7,9,18-23,32H,2,4,6,8,10-17H2,1,3,5H3/t18?,19?,20-,21+,22-,23?,27?/m1/s1. The Labute approximate surface area is 228 Å². The van der Waals surface area contributed by atoms with Crippen molar-refractivity contribution in [2.75, 3.05) is 32.8 Å². The first-order chi connectivity index (χ1) is 17.2. The largest absolute Gasteiger partial charge is 0.396 e. The number of halogens is 1. The fraction of sp³-hybridized carbons (Fsp3) is 0.741. The molecule has 3 aliphatic heterocycles. The molecule has 9 heteroatoms. The Morgan fingerprint density at radius 1 is 1.25 bits per heavy atom. The van der Waals surface area contributed by atoms with Crippen LogP contribution in [0.5, 0.6) is 0 Å². The minimum absolute atomic E-state index is 0.0131. The summed E-state index contributed by atoms with van der Waals surface area (Å²) in [4.78, 5) is 47.6. The first-order valence-corrected chi connectivity index (χ1v) is 15.1. The minimum atomic E-state index is -0.666. The monoisotopic (exact) mass is 583 g/mol. The molecule has 0 radical (unpaired) electrons. The molecule has 4 unspecified atom stereocenters. The molecule has 0 aromatic carbocycles. The Morgan fingerprint density at radius 2 is 1.94 bits per heavy atom. The topological polar surface area (TPSA) is 81.2 Å². The lowest BCUT2D eigenvalue weighted by Crippen LogP contribution is -2.57. The van der Waals surface area contributed by atoms with Gasteiger partial charge in [-0.15, -0.1) is 24.9 Å². The minimum Gasteiger partial charge on any atom is -0.396 e. The van der Waals surface area contributed by atoms with Crippen molar-refractivity contribution in [1.82, 2.24) is 14.7 Å². The van der Waals surface area contributed by atoms with Crippen LogP contribution in [0.2, 0.25) is 0 Å². The molecule has 3 amide bonds. The van der Waals surface area contributed by atoms with Crippen molar-refractivity contribution in [1.29, 1.82) is 0 Å². The van der Waals surface area contributed by atoms with Gasteiger partial charge in [0.1, 0.15) is 6.04 Å². The van der Waals surface area contributed by atoms with Gasteiger partial charge >= 0.3 is 0 Å². The van der Waals surface area contributed by atoms with Gasteiger partial charge in [0.25, 0.3) is 0 Å². The van der Waals surface area contributed by atoms with Gasteiger partial charge in [-0.3, -0.25) is 14.4 Å². The molecule has 0 saturated carbocycles. The van der Waals surface area contributed by atoms with E-state index in [1.54, 1.807) is 33.7 Å². The van der Waals surface area contributed by atoms with E-state index in [2.05, 4.69) is 36.0 Å². The van der Waals surface area contributed by atoms with Crippen LogP contribution >= 0.6 is 27.7 Å². The van der Waals surface area contributed by atoms with Gasteiger partial charge in [-0.1, -0.05) is 48.4 Å². The number of likely N-dealkylation sites (tertiary alicyclic amines) is 1. The van der Waals surface area contributed by atoms with E-state index in [0.717, 1.165) is 19.3 Å². The van der Waals surface area contributed by atoms with E-state index in [4.69, 9.17) is 0 Å². The van der Waals surface area contributed by atoms with Crippen LogP contribution in [-0.2, 0) is 14.4 Å². The first kappa shape index (κ1) is 29.2. The maximum Gasteiger partial charge on any atom is 0.247 e. The second kappa shape index (κ2) is 12.5. The summed E-state index contributed by atoms with van der Waals surface area (Å²) in [5, 5.41) is 9.50. The molecule has 1 N–H and O–H groups in total. The smallest absolute Gasteiger partial charge is 0.247 e. The van der Waals surface area contributed by atoms with Crippen LogP contribution in [-0.4, -0.2) is 97.2 Å². The molecule has 7 atom stereocenters. The molecule has 0 aromatic heterocycles. The number of carbonyl (C=O) groups is 3. The molecule has 3 heterocycles. The van der Waals surface area contributed by atoms with E-state index >= 15 is 0 Å². The van der Waals surface area contributed by atoms with Gasteiger partial charge in [-0.2, -0.15) is 0 Å². The van der Waals surface area contributed by atoms with Gasteiger partial charge < -0.3 is 19.8 Å². The summed E-state index contributed by atoms with van der Waals surface area (Å²) < 4.78 is -0.666. The summed E-state index contributed by atoms with van der Waals surface area (Å²) in [6.07, 6.45) is 7.15. The van der Waals surface area contributed by atoms with Crippen LogP contribution in [0.3, 0.4) is 0 Å². The fourth-order valence-corrected chi connectivity index (χ4v) is 10.1. The van der Waals surface area contributed by atoms with Crippen LogP contribution in [0.1, 0.15) is 52.9 Å². The lowest BCUT2D eigenvalue weighted by molar-refractivity contribution is -0.145. The van der Waals surface area contributed by atoms with E-state index in [1.807, 2.05) is 18.7 Å². The highest BCUT2D eigenvalue weighted by Gasteiger charge is 2.76. The van der Waals surface area contributed by atoms with Crippen molar-refractivity contribution in [3.8, 4) is 0 Å². The number of amides is 3. The third-order valence-electron chi connectivity index (χ3n) is 7.87. The van der Waals surface area contributed by atoms with Crippen molar-refractivity contribution in [2.24, 2.45) is 11.8 Å². The van der Waals surface area contributed by atoms with Gasteiger partial charge in [-0.25, -0.2) is 0 Å². The molecule has 202 valence electrons. The van der Waals surface area contributed by atoms with Crippen LogP contribution in [0, 0.1) is 11.8 Å². The number of carbonyl (C=O) groups excluding carboxylic acids is 3. The first-order valence-electron chi connectivity index (χ1n) is 13.3. The number of alkyl halides is 1. The Balaban J connectivity index is 2.06. The van der Waals surface area contributed by atoms with Crippen LogP contribution in [0.4, 0.5) is 0 Å². The average Bonchev–Trinajstić information content (AvgIpc) is 3.43. The summed E-state index contributed by atoms with van der Waals surface area (Å²) >= 11 is 5.50. The highest BCUT2D eigenvalue weighted by atomic mass is 79.9. The predicted molar refractivity (Wildman–Crippen MR) is 149 cm³/mol. The molecule has 3 rings (SSSR count). The van der Waals surface area contributed by atoms with Crippen molar-refractivity contribution in [3.63, 3.8) is 0 Å². The Kier molecular flexibility index (Phi) is 10.1. The van der Waals surface area contributed by atoms with Crippen LogP contribution in [0.15, 0.2) is 25.3 Å². The summed E-state index contributed by atoms with van der Waals surface area (Å²) in [7, 11) is 0. The van der Waals surface area contributed by atoms with Crippen molar-refractivity contribution in [2.45, 2.75) is 79.8 Å². The fourth-order valence-electron chi connectivity index (χ4n) is 6.46. The second-order valence-corrected chi connectivity index (χ2v) is 13.0. The molecule has 7 nitrogen and oxygen atoms in total. The number of hydrogen-bond donors (Lipinski definition) is 1. The summed E-state index contributed by atoms with van der Waals surface area (Å²) in [5.41, 5.74) is 0. The van der Waals surface area contributed by atoms with Gasteiger partial charge in [0.2, 0.25) is 17.7 Å². The van der Waals surface area contributed by atoms with E-state index < -0.39 is 22.6 Å². The zero-order valence-corrected chi connectivity index (χ0v) is 24.3. The third kappa shape index (κ3) is 5.04. The molecule has 0 aromatic rings. The summed E-state index contributed by atoms with van der Waals surface area (Å²) in [6, 6.07) is -0.646. The van der Waals surface area contributed by atoms with Crippen molar-refractivity contribution in [3.05, 3.63) is 25.3 Å². The maximum atomic E-state index is 14.3. The molecule has 3 aliphatic rings. The number of hydrogen-bond acceptors (Lipinski definition) is 5. The quantitative estimate of drug-likeness (QED) is 0.250. The lowest BCUT2D eigenvalue weighted by atomic mass is 9.70. The zero-order valence-electron chi connectivity index (χ0n) is 21.9. The third-order valence-corrected chi connectivity index (χ3v) is 11.1. The summed E-state index contributed by atoms with van der Waals surface area (Å²) in [6.45, 7) is 15.6. The van der Waals surface area contributed by atoms with Gasteiger partial charge in [-0.05, 0) is 32.6 Å². The molecule has 3 fully saturated rings. The van der Waals surface area contributed by atoms with E-state index in [1.165, 1.54) is 0 Å². The Hall–Kier alpha value is -1.32. The molecule has 36 heavy (non-hydrogen) atoms. The molecule has 2 bridgehead atoms. The molecule has 3 saturated heterocycles. The van der Waals surface area contributed by atoms with E-state index in [9.17, 15) is 19.5 Å². The van der Waals surface area contributed by atoms with Crippen LogP contribution in [0.25, 0.3) is 0 Å². The number of aliphatic hydroxyl groups excluding tert-OH is 1. The number of thioether (sulfide) groups is 1. The normalized spacial score (nSPS) is 31.3. The SMILES string of the molecule is C=CCN(CCC)C(=O)[C@H]1[C@@H]2SC3(CC2Br)C(C(=O)N(CC=C)C(C)CCC)N(CCCO)C(=O)[C@H]13. The van der Waals surface area contributed by atoms with Crippen molar-refractivity contribution < 1.29 is 19.5 Å². The van der Waals surface area contributed by atoms with Gasteiger partial charge in [0.05, 0.1) is 16.6 Å². The van der Waals surface area contributed by atoms with E-state index in [0.29, 0.717) is 39.0 Å². The van der Waals surface area contributed by atoms with Gasteiger partial charge in [0.15, 0.2) is 0 Å². The van der Waals surface area contributed by atoms with Crippen molar-refractivity contribution >= 4 is 45.4 Å². The van der Waals surface area contributed by atoms with Gasteiger partial charge in [0, 0.05) is 48.9 Å². The number of nitrogens with zero attached hydrogens (tertiary/aromatic N) is 3. The Bertz CT molecular complexity index is 857. The van der Waals surface area contributed by atoms with Crippen LogP contribution < -0.4 is 0 Å². The number of rotatable bonds is 14. The maximum absolute atomic E-state index is 14.3. The second-order valence-electron chi connectivity index (χ2n) is 10.3. The average molecular weight is 585 g/mol. The lowest BCUT2D eigenvalue weighted by Gasteiger charge is -2.40. The highest BCUT2D eigenvalue weighted by Crippen LogP contribution is 2.68. The summed E-state index contributed by atoms with van der Waals surface area (Å²) in [5.74, 6) is -1.23. The highest BCUT2D eigenvalue weighted by molar-refractivity contribution is 9.09. The molecular formula is C27H42BrN3O4S. The molecule has 0 aliphatic carbocycles. The van der Waals surface area contributed by atoms with E-state index in [-0.39, 0.29) is 40.4 Å². The predicted octanol–water partition coefficient (Wildman–Crippen LogP) is 3.46.